The van der Waals surface area contributed by atoms with Gasteiger partial charge in [0.05, 0.1) is 40.9 Å². The summed E-state index contributed by atoms with van der Waals surface area (Å²) < 4.78 is 14.2. The Hall–Kier alpha value is -3.15. The van der Waals surface area contributed by atoms with Crippen molar-refractivity contribution in [2.75, 3.05) is 40.4 Å². The van der Waals surface area contributed by atoms with Crippen LogP contribution in [-0.4, -0.2) is 123 Å². The predicted molar refractivity (Wildman–Crippen MR) is 285 cm³/mol. The molecule has 0 unspecified atom stereocenters. The van der Waals surface area contributed by atoms with Gasteiger partial charge in [-0.25, -0.2) is 15.2 Å². The number of esters is 1. The van der Waals surface area contributed by atoms with Gasteiger partial charge in [-0.2, -0.15) is 67.5 Å². The zero-order chi connectivity index (χ0) is 43.7. The lowest BCUT2D eigenvalue weighted by Gasteiger charge is -2.37. The molecule has 0 aliphatic carbocycles. The molecular formula is C45H70N8O7S6. The summed E-state index contributed by atoms with van der Waals surface area (Å²) in [6.07, 6.45) is 3.10. The lowest BCUT2D eigenvalue weighted by Crippen LogP contribution is -2.62. The molecule has 2 fully saturated rings. The fraction of sp³-hybridized carbons (Fsp3) is 0.556. The number of hydrazine groups is 1. The molecule has 3 aliphatic heterocycles. The van der Waals surface area contributed by atoms with Gasteiger partial charge in [0.2, 0.25) is 5.91 Å². The Balaban J connectivity index is 0.00000299. The van der Waals surface area contributed by atoms with E-state index in [-0.39, 0.29) is 105 Å². The number of cyclic esters (lactones) is 1. The minimum atomic E-state index is -1.07. The molecule has 15 nitrogen and oxygen atoms in total. The first-order valence-electron chi connectivity index (χ1n) is 21.4. The number of pyridine rings is 1. The first-order chi connectivity index (χ1) is 29.1. The van der Waals surface area contributed by atoms with Gasteiger partial charge in [-0.1, -0.05) is 33.8 Å². The van der Waals surface area contributed by atoms with Gasteiger partial charge in [-0.05, 0) is 75.3 Å². The maximum atomic E-state index is 14.5. The molecule has 66 heavy (non-hydrogen) atoms. The number of aromatic nitrogens is 3. The van der Waals surface area contributed by atoms with Gasteiger partial charge in [0, 0.05) is 85.8 Å². The molecule has 21 heteroatoms. The minimum Gasteiger partial charge on any atom is -0.464 e. The molecule has 0 spiro atoms. The second-order valence-electron chi connectivity index (χ2n) is 17.7. The molecule has 6 bridgehead atoms. The maximum absolute atomic E-state index is 14.5. The molecule has 4 amide bonds. The number of benzene rings is 1. The number of nitrogens with zero attached hydrogens (tertiary/aromatic N) is 6. The first-order valence-corrected chi connectivity index (χ1v) is 22.3. The molecule has 0 radical (unpaired) electrons. The average Bonchev–Trinajstić information content (AvgIpc) is 3.98. The predicted octanol–water partition coefficient (Wildman–Crippen LogP) is 5.91. The first kappa shape index (κ1) is 59.0. The van der Waals surface area contributed by atoms with Gasteiger partial charge < -0.3 is 34.3 Å². The molecule has 3 aliphatic rings. The van der Waals surface area contributed by atoms with Crippen molar-refractivity contribution in [2.45, 2.75) is 111 Å². The third-order valence-corrected chi connectivity index (χ3v) is 13.1. The van der Waals surface area contributed by atoms with Crippen molar-refractivity contribution >= 4 is 114 Å². The van der Waals surface area contributed by atoms with Crippen LogP contribution in [0.5, 0.6) is 0 Å². The number of rotatable bonds is 8. The number of hydrogen-bond acceptors (Lipinski definition) is 11. The number of aliphatic hydroxyl groups excluding tert-OH is 1. The van der Waals surface area contributed by atoms with Crippen molar-refractivity contribution in [3.8, 4) is 22.5 Å². The highest BCUT2D eigenvalue weighted by molar-refractivity contribution is 7.60. The van der Waals surface area contributed by atoms with Crippen molar-refractivity contribution < 1.29 is 33.8 Å². The Labute approximate surface area is 427 Å². The molecule has 5 atom stereocenters. The lowest BCUT2D eigenvalue weighted by molar-refractivity contribution is -0.155. The van der Waals surface area contributed by atoms with E-state index in [2.05, 4.69) is 60.3 Å². The van der Waals surface area contributed by atoms with Gasteiger partial charge in [0.25, 0.3) is 5.91 Å². The van der Waals surface area contributed by atoms with Crippen LogP contribution >= 0.6 is 78.8 Å². The second-order valence-corrected chi connectivity index (χ2v) is 18.7. The summed E-state index contributed by atoms with van der Waals surface area (Å²) in [6, 6.07) is 7.30. The number of fused-ring (bicyclic) bond motifs is 6. The van der Waals surface area contributed by atoms with E-state index in [4.69, 9.17) is 19.4 Å². The number of carbonyl (C=O) groups is 4. The number of urea groups is 1. The number of thiazole rings is 1. The van der Waals surface area contributed by atoms with Gasteiger partial charge >= 0.3 is 12.0 Å². The van der Waals surface area contributed by atoms with Gasteiger partial charge in [-0.15, -0.1) is 11.3 Å². The highest BCUT2D eigenvalue weighted by Gasteiger charge is 2.39. The molecule has 4 aromatic rings. The van der Waals surface area contributed by atoms with E-state index in [0.717, 1.165) is 44.7 Å². The number of methoxy groups -OCH3 is 1. The maximum Gasteiger partial charge on any atom is 0.324 e. The minimum absolute atomic E-state index is 0. The summed E-state index contributed by atoms with van der Waals surface area (Å²) in [5.74, 6) is -1.65. The third-order valence-electron chi connectivity index (χ3n) is 12.2. The van der Waals surface area contributed by atoms with Crippen molar-refractivity contribution in [1.29, 1.82) is 0 Å². The lowest BCUT2D eigenvalue weighted by atomic mass is 9.84. The number of ether oxygens (including phenoxy) is 2. The van der Waals surface area contributed by atoms with Gasteiger partial charge in [0.15, 0.2) is 0 Å². The molecular weight excluding hydrogens is 957 g/mol. The topological polar surface area (TPSA) is 171 Å². The molecule has 368 valence electrons. The van der Waals surface area contributed by atoms with Crippen LogP contribution in [0.2, 0.25) is 0 Å². The Bertz CT molecular complexity index is 2290. The number of aryl methyl sites for hydroxylation is 1. The van der Waals surface area contributed by atoms with E-state index in [0.29, 0.717) is 50.3 Å². The van der Waals surface area contributed by atoms with E-state index in [9.17, 15) is 24.3 Å². The fourth-order valence-corrected chi connectivity index (χ4v) is 9.85. The Morgan fingerprint density at radius 3 is 2.47 bits per heavy atom. The summed E-state index contributed by atoms with van der Waals surface area (Å²) in [4.78, 5) is 68.9. The van der Waals surface area contributed by atoms with Crippen LogP contribution in [0.1, 0.15) is 83.2 Å². The Morgan fingerprint density at radius 1 is 1.09 bits per heavy atom. The number of β-amino-alcohol motifs (C(OH)–C–C–N with tert-alkyl or cyclic N) is 1. The van der Waals surface area contributed by atoms with E-state index >= 15 is 0 Å². The molecule has 1 aromatic carbocycles. The van der Waals surface area contributed by atoms with Crippen LogP contribution in [0.15, 0.2) is 41.9 Å². The average molecular weight is 1030 g/mol. The summed E-state index contributed by atoms with van der Waals surface area (Å²) in [5, 5.41) is 18.2. The van der Waals surface area contributed by atoms with Crippen LogP contribution in [-0.2, 0) is 43.2 Å². The molecule has 3 N–H and O–H groups in total. The van der Waals surface area contributed by atoms with Gasteiger partial charge in [0.1, 0.15) is 18.1 Å². The Kier molecular flexibility index (Phi) is 22.3. The van der Waals surface area contributed by atoms with E-state index in [1.807, 2.05) is 32.2 Å². The van der Waals surface area contributed by atoms with Crippen LogP contribution in [0, 0.1) is 11.3 Å². The number of nitrogens with one attached hydrogen (secondary N) is 2. The van der Waals surface area contributed by atoms with Crippen molar-refractivity contribution in [3.05, 3.63) is 58.2 Å². The summed E-state index contributed by atoms with van der Waals surface area (Å²) in [5.41, 5.74) is 9.29. The number of likely N-dealkylation sites (tertiary alicyclic amines) is 1. The van der Waals surface area contributed by atoms with Crippen LogP contribution in [0.3, 0.4) is 0 Å². The molecule has 0 saturated carbocycles. The SMILES string of the molecule is CCn1c(-c2cccnc2[C@H](C)OC)c2c3cc(ccc31)-c1csc(n1)C[C@H](NC(=O)[C@H](C(C)C)N(C)C(=O)N1CC[C@H](O)C1)C(=O)N1CCC[C@H](N1)C(=O)OCC(C)(C)C2.S.S.S.S.S. The molecule has 7 rings (SSSR count). The fourth-order valence-electron chi connectivity index (χ4n) is 9.00. The number of hydrogen-bond donors (Lipinski definition) is 3. The number of amides is 4. The Morgan fingerprint density at radius 2 is 1.82 bits per heavy atom. The zero-order valence-electron chi connectivity index (χ0n) is 39.1. The highest BCUT2D eigenvalue weighted by atomic mass is 32.1. The summed E-state index contributed by atoms with van der Waals surface area (Å²) >= 11 is 1.41. The monoisotopic (exact) mass is 1030 g/mol. The van der Waals surface area contributed by atoms with E-state index < -0.39 is 47.4 Å². The number of aliphatic hydroxyl groups is 1. The number of carbonyl (C=O) groups excluding carboxylic acids is 4. The second kappa shape index (κ2) is 24.9. The van der Waals surface area contributed by atoms with Crippen molar-refractivity contribution in [3.63, 3.8) is 0 Å². The van der Waals surface area contributed by atoms with Crippen LogP contribution < -0.4 is 10.7 Å². The summed E-state index contributed by atoms with van der Waals surface area (Å²) in [6.45, 7) is 13.8. The molecule has 3 aromatic heterocycles. The molecule has 2 saturated heterocycles. The zero-order valence-corrected chi connectivity index (χ0v) is 44.9. The normalized spacial score (nSPS) is 20.2. The van der Waals surface area contributed by atoms with Gasteiger partial charge in [-0.3, -0.25) is 24.4 Å². The number of likely N-dealkylation sites (N-methyl/N-ethyl adjacent to an activating group) is 1. The van der Waals surface area contributed by atoms with Crippen molar-refractivity contribution in [2.24, 2.45) is 11.3 Å². The highest BCUT2D eigenvalue weighted by Crippen LogP contribution is 2.42. The molecule has 6 heterocycles. The van der Waals surface area contributed by atoms with E-state index in [1.54, 1.807) is 25.3 Å². The van der Waals surface area contributed by atoms with E-state index in [1.165, 1.54) is 21.2 Å². The van der Waals surface area contributed by atoms with Crippen molar-refractivity contribution in [1.82, 2.24) is 40.1 Å². The standard InChI is InChI=1S/C45H60N8O7S.5H2S/c1-9-52-36-15-14-28-20-31(36)32(40(52)30-12-10-17-46-38(30)27(4)59-8)22-45(5,6)25-60-43(57)33-13-11-18-53(49-33)42(56)34(21-37-47-35(28)24-61-37)48-41(55)39(26(2)3)50(7)44(58)51-19-16-29(54)23-51;;;;;/h10,12,14-15,17,20,24,26-27,29,33-34,39,49,54H,9,11,13,16,18-19,21-23,25H2,1-8H3,(H,48,55);5*1H2/t27-,29-,33-,34-,39-;;;;;/m0...../s1. The summed E-state index contributed by atoms with van der Waals surface area (Å²) in [7, 11) is 3.26. The third kappa shape index (κ3) is 12.5. The quantitative estimate of drug-likeness (QED) is 0.181. The largest absolute Gasteiger partial charge is 0.464 e. The van der Waals surface area contributed by atoms with Crippen LogP contribution in [0.25, 0.3) is 33.4 Å². The smallest absolute Gasteiger partial charge is 0.324 e. The van der Waals surface area contributed by atoms with Crippen LogP contribution in [0.4, 0.5) is 4.79 Å².